The number of rotatable bonds is 6. The van der Waals surface area contributed by atoms with E-state index < -0.39 is 12.1 Å². The summed E-state index contributed by atoms with van der Waals surface area (Å²) >= 11 is 1.40. The van der Waals surface area contributed by atoms with E-state index in [0.29, 0.717) is 38.0 Å². The van der Waals surface area contributed by atoms with Crippen molar-refractivity contribution in [2.45, 2.75) is 31.5 Å². The predicted molar refractivity (Wildman–Crippen MR) is 72.7 cm³/mol. The molecule has 1 aromatic heterocycles. The maximum absolute atomic E-state index is 11.9. The lowest BCUT2D eigenvalue weighted by molar-refractivity contribution is -0.149. The van der Waals surface area contributed by atoms with E-state index in [9.17, 15) is 9.59 Å². The van der Waals surface area contributed by atoms with Crippen molar-refractivity contribution in [3.8, 4) is 0 Å². The van der Waals surface area contributed by atoms with Gasteiger partial charge in [0.2, 0.25) is 0 Å². The van der Waals surface area contributed by atoms with Gasteiger partial charge < -0.3 is 20.9 Å². The van der Waals surface area contributed by atoms with Crippen molar-refractivity contribution in [1.29, 1.82) is 0 Å². The van der Waals surface area contributed by atoms with Crippen LogP contribution in [0.5, 0.6) is 0 Å². The highest BCUT2D eigenvalue weighted by molar-refractivity contribution is 7.09. The van der Waals surface area contributed by atoms with E-state index >= 15 is 0 Å². The van der Waals surface area contributed by atoms with Crippen LogP contribution < -0.4 is 11.1 Å². The number of nitrogens with two attached hydrogens (primary N) is 1. The Morgan fingerprint density at radius 2 is 2.35 bits per heavy atom. The summed E-state index contributed by atoms with van der Waals surface area (Å²) in [5, 5.41) is 14.0. The minimum Gasteiger partial charge on any atom is -0.479 e. The number of aliphatic carboxylic acids is 1. The molecule has 2 atom stereocenters. The smallest absolute Gasteiger partial charge is 0.332 e. The average Bonchev–Trinajstić information content (AvgIpc) is 3.05. The molecule has 1 fully saturated rings. The van der Waals surface area contributed by atoms with Gasteiger partial charge in [-0.2, -0.15) is 0 Å². The molecule has 1 saturated heterocycles. The SMILES string of the molecule is NCCc1nc(C(=O)NCC2CCC(C(=O)O)O2)cs1. The molecule has 2 rings (SSSR count). The van der Waals surface area contributed by atoms with Crippen molar-refractivity contribution in [2.75, 3.05) is 13.1 Å². The van der Waals surface area contributed by atoms with Crippen molar-refractivity contribution in [3.05, 3.63) is 16.1 Å². The van der Waals surface area contributed by atoms with Crippen LogP contribution in [0.3, 0.4) is 0 Å². The summed E-state index contributed by atoms with van der Waals surface area (Å²) in [7, 11) is 0. The number of nitrogens with one attached hydrogen (secondary N) is 1. The van der Waals surface area contributed by atoms with Crippen LogP contribution >= 0.6 is 11.3 Å². The van der Waals surface area contributed by atoms with Crippen molar-refractivity contribution in [3.63, 3.8) is 0 Å². The minimum atomic E-state index is -0.954. The first-order chi connectivity index (χ1) is 9.60. The van der Waals surface area contributed by atoms with Crippen LogP contribution in [0, 0.1) is 0 Å². The number of hydrogen-bond donors (Lipinski definition) is 3. The molecule has 0 radical (unpaired) electrons. The number of thiazole rings is 1. The molecule has 0 aliphatic carbocycles. The van der Waals surface area contributed by atoms with Gasteiger partial charge in [-0.25, -0.2) is 9.78 Å². The second-order valence-electron chi connectivity index (χ2n) is 4.54. The van der Waals surface area contributed by atoms with Gasteiger partial charge in [-0.05, 0) is 19.4 Å². The largest absolute Gasteiger partial charge is 0.479 e. The normalized spacial score (nSPS) is 21.9. The molecule has 2 heterocycles. The second kappa shape index (κ2) is 6.78. The number of hydrogen-bond acceptors (Lipinski definition) is 6. The van der Waals surface area contributed by atoms with Gasteiger partial charge in [0.15, 0.2) is 6.10 Å². The van der Waals surface area contributed by atoms with E-state index in [4.69, 9.17) is 15.6 Å². The monoisotopic (exact) mass is 299 g/mol. The van der Waals surface area contributed by atoms with Gasteiger partial charge in [-0.3, -0.25) is 4.79 Å². The molecule has 0 spiro atoms. The highest BCUT2D eigenvalue weighted by Crippen LogP contribution is 2.19. The maximum Gasteiger partial charge on any atom is 0.332 e. The van der Waals surface area contributed by atoms with E-state index in [2.05, 4.69) is 10.3 Å². The molecule has 8 heteroatoms. The van der Waals surface area contributed by atoms with Crippen LogP contribution in [0.15, 0.2) is 5.38 Å². The Labute approximate surface area is 120 Å². The zero-order chi connectivity index (χ0) is 14.5. The summed E-state index contributed by atoms with van der Waals surface area (Å²) in [4.78, 5) is 26.8. The summed E-state index contributed by atoms with van der Waals surface area (Å²) in [5.74, 6) is -1.23. The Kier molecular flexibility index (Phi) is 5.05. The first-order valence-electron chi connectivity index (χ1n) is 6.41. The molecule has 4 N–H and O–H groups in total. The second-order valence-corrected chi connectivity index (χ2v) is 5.48. The lowest BCUT2D eigenvalue weighted by Gasteiger charge is -2.11. The quantitative estimate of drug-likeness (QED) is 0.681. The summed E-state index contributed by atoms with van der Waals surface area (Å²) in [6.07, 6.45) is 0.763. The topological polar surface area (TPSA) is 115 Å². The standard InChI is InChI=1S/C12H17N3O4S/c13-4-3-10-15-8(6-20-10)11(16)14-5-7-1-2-9(19-7)12(17)18/h6-7,9H,1-5,13H2,(H,14,16)(H,17,18). The number of ether oxygens (including phenoxy) is 1. The summed E-state index contributed by atoms with van der Waals surface area (Å²) in [6, 6.07) is 0. The lowest BCUT2D eigenvalue weighted by atomic mass is 10.2. The van der Waals surface area contributed by atoms with E-state index in [0.717, 1.165) is 5.01 Å². The molecule has 7 nitrogen and oxygen atoms in total. The maximum atomic E-state index is 11.9. The van der Waals surface area contributed by atoms with Crippen molar-refractivity contribution in [2.24, 2.45) is 5.73 Å². The Hall–Kier alpha value is -1.51. The van der Waals surface area contributed by atoms with Crippen LogP contribution in [0.25, 0.3) is 0 Å². The van der Waals surface area contributed by atoms with Crippen molar-refractivity contribution >= 4 is 23.2 Å². The van der Waals surface area contributed by atoms with Crippen LogP contribution in [0.1, 0.15) is 28.3 Å². The van der Waals surface area contributed by atoms with Gasteiger partial charge in [0.1, 0.15) is 5.69 Å². The van der Waals surface area contributed by atoms with E-state index in [1.807, 2.05) is 0 Å². The van der Waals surface area contributed by atoms with Crippen LogP contribution in [-0.4, -0.2) is 47.3 Å². The molecule has 1 aromatic rings. The average molecular weight is 299 g/mol. The fraction of sp³-hybridized carbons (Fsp3) is 0.583. The fourth-order valence-electron chi connectivity index (χ4n) is 1.99. The Morgan fingerprint density at radius 1 is 1.55 bits per heavy atom. The number of amides is 1. The van der Waals surface area contributed by atoms with E-state index in [1.165, 1.54) is 11.3 Å². The van der Waals surface area contributed by atoms with E-state index in [-0.39, 0.29) is 12.0 Å². The molecule has 2 unspecified atom stereocenters. The Morgan fingerprint density at radius 3 is 3.00 bits per heavy atom. The Bertz CT molecular complexity index is 491. The predicted octanol–water partition coefficient (Wildman–Crippen LogP) is 0.00630. The number of carboxylic acids is 1. The molecule has 0 saturated carbocycles. The third-order valence-corrected chi connectivity index (χ3v) is 3.92. The number of carbonyl (C=O) groups is 2. The number of carboxylic acid groups (broad SMARTS) is 1. The highest BCUT2D eigenvalue weighted by Gasteiger charge is 2.30. The first kappa shape index (κ1) is 14.9. The van der Waals surface area contributed by atoms with Gasteiger partial charge in [0.05, 0.1) is 11.1 Å². The van der Waals surface area contributed by atoms with Crippen LogP contribution in [0.2, 0.25) is 0 Å². The van der Waals surface area contributed by atoms with Crippen LogP contribution in [-0.2, 0) is 16.0 Å². The van der Waals surface area contributed by atoms with Gasteiger partial charge in [-0.1, -0.05) is 0 Å². The molecule has 1 aliphatic heterocycles. The minimum absolute atomic E-state index is 0.248. The molecule has 110 valence electrons. The van der Waals surface area contributed by atoms with Crippen molar-refractivity contribution < 1.29 is 19.4 Å². The number of nitrogens with zero attached hydrogens (tertiary/aromatic N) is 1. The van der Waals surface area contributed by atoms with Gasteiger partial charge in [-0.15, -0.1) is 11.3 Å². The Balaban J connectivity index is 1.79. The molecular formula is C12H17N3O4S. The fourth-order valence-corrected chi connectivity index (χ4v) is 2.78. The summed E-state index contributed by atoms with van der Waals surface area (Å²) < 4.78 is 5.30. The summed E-state index contributed by atoms with van der Waals surface area (Å²) in [6.45, 7) is 0.799. The molecule has 1 aliphatic rings. The van der Waals surface area contributed by atoms with Gasteiger partial charge in [0, 0.05) is 18.3 Å². The summed E-state index contributed by atoms with van der Waals surface area (Å²) in [5.41, 5.74) is 5.79. The molecule has 0 bridgehead atoms. The van der Waals surface area contributed by atoms with Gasteiger partial charge in [0.25, 0.3) is 5.91 Å². The molecule has 20 heavy (non-hydrogen) atoms. The van der Waals surface area contributed by atoms with Crippen molar-refractivity contribution in [1.82, 2.24) is 10.3 Å². The molecule has 1 amide bonds. The molecular weight excluding hydrogens is 282 g/mol. The third kappa shape index (κ3) is 3.75. The number of aromatic nitrogens is 1. The third-order valence-electron chi connectivity index (χ3n) is 3.02. The van der Waals surface area contributed by atoms with Crippen LogP contribution in [0.4, 0.5) is 0 Å². The van der Waals surface area contributed by atoms with E-state index in [1.54, 1.807) is 5.38 Å². The zero-order valence-electron chi connectivity index (χ0n) is 10.9. The lowest BCUT2D eigenvalue weighted by Crippen LogP contribution is -2.33. The number of carbonyl (C=O) groups excluding carboxylic acids is 1. The highest BCUT2D eigenvalue weighted by atomic mass is 32.1. The zero-order valence-corrected chi connectivity index (χ0v) is 11.7. The first-order valence-corrected chi connectivity index (χ1v) is 7.29. The van der Waals surface area contributed by atoms with Gasteiger partial charge >= 0.3 is 5.97 Å². The molecule has 0 aromatic carbocycles.